The number of amides is 1. The van der Waals surface area contributed by atoms with Crippen molar-refractivity contribution in [1.82, 2.24) is 15.0 Å². The van der Waals surface area contributed by atoms with Crippen molar-refractivity contribution in [2.75, 3.05) is 72.2 Å². The third-order valence-corrected chi connectivity index (χ3v) is 7.63. The lowest BCUT2D eigenvalue weighted by atomic mass is 10.1. The highest BCUT2D eigenvalue weighted by Gasteiger charge is 2.21. The Hall–Kier alpha value is -5.10. The van der Waals surface area contributed by atoms with Gasteiger partial charge in [-0.15, -0.1) is 0 Å². The van der Waals surface area contributed by atoms with Gasteiger partial charge in [0, 0.05) is 74.9 Å². The first-order chi connectivity index (χ1) is 21.0. The van der Waals surface area contributed by atoms with Crippen molar-refractivity contribution in [3.05, 3.63) is 88.2 Å². The maximum atomic E-state index is 13.3. The fourth-order valence-electron chi connectivity index (χ4n) is 5.36. The Morgan fingerprint density at radius 2 is 1.79 bits per heavy atom. The van der Waals surface area contributed by atoms with E-state index in [9.17, 15) is 9.59 Å². The van der Waals surface area contributed by atoms with Crippen molar-refractivity contribution in [1.29, 1.82) is 0 Å². The Labute approximate surface area is 249 Å². The third-order valence-electron chi connectivity index (χ3n) is 7.63. The molecule has 0 radical (unpaired) electrons. The average Bonchev–Trinajstić information content (AvgIpc) is 3.03. The summed E-state index contributed by atoms with van der Waals surface area (Å²) in [5, 5.41) is 9.39. The minimum absolute atomic E-state index is 0.0196. The van der Waals surface area contributed by atoms with E-state index in [0.717, 1.165) is 54.5 Å². The van der Waals surface area contributed by atoms with Crippen LogP contribution < -0.4 is 36.0 Å². The summed E-state index contributed by atoms with van der Waals surface area (Å²) in [5.41, 5.74) is 5.93. The van der Waals surface area contributed by atoms with Crippen LogP contribution in [0.2, 0.25) is 0 Å². The summed E-state index contributed by atoms with van der Waals surface area (Å²) in [5.74, 6) is 0.0229. The van der Waals surface area contributed by atoms with Crippen LogP contribution in [0.25, 0.3) is 0 Å². The molecule has 5 heterocycles. The van der Waals surface area contributed by atoms with Crippen LogP contribution in [-0.4, -0.2) is 67.3 Å². The number of H-pyrrole nitrogens is 1. The van der Waals surface area contributed by atoms with Gasteiger partial charge in [-0.1, -0.05) is 0 Å². The molecule has 1 fully saturated rings. The molecule has 43 heavy (non-hydrogen) atoms. The van der Waals surface area contributed by atoms with Gasteiger partial charge < -0.3 is 40.2 Å². The summed E-state index contributed by atoms with van der Waals surface area (Å²) in [6.07, 6.45) is 4.97. The number of ether oxygens (including phenoxy) is 2. The van der Waals surface area contributed by atoms with Gasteiger partial charge in [0.05, 0.1) is 29.9 Å². The lowest BCUT2D eigenvalue weighted by Gasteiger charge is -2.37. The van der Waals surface area contributed by atoms with Crippen LogP contribution in [0.3, 0.4) is 0 Å². The van der Waals surface area contributed by atoms with E-state index in [0.29, 0.717) is 42.7 Å². The summed E-state index contributed by atoms with van der Waals surface area (Å²) >= 11 is 0. The molecule has 0 saturated carbocycles. The van der Waals surface area contributed by atoms with Gasteiger partial charge in [-0.2, -0.15) is 0 Å². The standard InChI is InChI=1S/C31H34N8O4/c1-20-26(18-35-31-28(20)33-11-16-43-31)37-25-8-10-34-29(40)27(25)30(41)36-21-3-5-23(6-4-21)38-12-14-39(15-13-38)24-7-9-32-22(17-24)19-42-2/h3-10,17-18,33H,11-16,19H2,1-2H3,(H,36,41)(H2,34,37,40). The number of hydrogen-bond acceptors (Lipinski definition) is 10. The van der Waals surface area contributed by atoms with Gasteiger partial charge in [0.15, 0.2) is 0 Å². The fraction of sp³-hybridized carbons (Fsp3) is 0.290. The molecule has 0 atom stereocenters. The van der Waals surface area contributed by atoms with E-state index in [2.05, 4.69) is 46.8 Å². The molecule has 1 aromatic carbocycles. The number of carbonyl (C=O) groups is 1. The van der Waals surface area contributed by atoms with Crippen LogP contribution in [0.1, 0.15) is 21.6 Å². The zero-order valence-electron chi connectivity index (χ0n) is 24.1. The van der Waals surface area contributed by atoms with Gasteiger partial charge in [-0.05, 0) is 49.4 Å². The number of rotatable bonds is 8. The van der Waals surface area contributed by atoms with E-state index in [1.165, 1.54) is 6.20 Å². The zero-order chi connectivity index (χ0) is 29.8. The Kier molecular flexibility index (Phi) is 8.09. The van der Waals surface area contributed by atoms with Crippen molar-refractivity contribution in [3.8, 4) is 5.88 Å². The van der Waals surface area contributed by atoms with Gasteiger partial charge in [0.25, 0.3) is 11.5 Å². The number of hydrogen-bond donors (Lipinski definition) is 4. The minimum Gasteiger partial charge on any atom is -0.474 e. The highest BCUT2D eigenvalue weighted by Crippen LogP contribution is 2.34. The number of piperazine rings is 1. The second-order valence-electron chi connectivity index (χ2n) is 10.4. The number of nitrogens with zero attached hydrogens (tertiary/aromatic N) is 4. The fourth-order valence-corrected chi connectivity index (χ4v) is 5.36. The van der Waals surface area contributed by atoms with Crippen molar-refractivity contribution in [2.24, 2.45) is 0 Å². The topological polar surface area (TPSA) is 137 Å². The van der Waals surface area contributed by atoms with Gasteiger partial charge >= 0.3 is 0 Å². The van der Waals surface area contributed by atoms with Crippen molar-refractivity contribution >= 4 is 40.0 Å². The summed E-state index contributed by atoms with van der Waals surface area (Å²) in [4.78, 5) is 42.1. The monoisotopic (exact) mass is 582 g/mol. The molecule has 12 heteroatoms. The highest BCUT2D eigenvalue weighted by molar-refractivity contribution is 6.08. The number of anilines is 6. The molecular formula is C31H34N8O4. The maximum Gasteiger partial charge on any atom is 0.263 e. The smallest absolute Gasteiger partial charge is 0.263 e. The Bertz CT molecular complexity index is 1670. The van der Waals surface area contributed by atoms with E-state index >= 15 is 0 Å². The van der Waals surface area contributed by atoms with E-state index < -0.39 is 11.5 Å². The van der Waals surface area contributed by atoms with Crippen molar-refractivity contribution < 1.29 is 14.3 Å². The molecule has 2 aliphatic rings. The van der Waals surface area contributed by atoms with Crippen LogP contribution in [-0.2, 0) is 11.3 Å². The Morgan fingerprint density at radius 3 is 2.56 bits per heavy atom. The molecule has 2 aliphatic heterocycles. The number of benzene rings is 1. The van der Waals surface area contributed by atoms with E-state index in [1.807, 2.05) is 43.5 Å². The quantitative estimate of drug-likeness (QED) is 0.243. The van der Waals surface area contributed by atoms with Crippen LogP contribution in [0.5, 0.6) is 5.88 Å². The Morgan fingerprint density at radius 1 is 1.02 bits per heavy atom. The lowest BCUT2D eigenvalue weighted by molar-refractivity contribution is 0.102. The molecule has 1 saturated heterocycles. The van der Waals surface area contributed by atoms with Gasteiger partial charge in [0.2, 0.25) is 5.88 Å². The van der Waals surface area contributed by atoms with Crippen LogP contribution in [0.4, 0.5) is 34.1 Å². The number of carbonyl (C=O) groups excluding carboxylic acids is 1. The molecule has 4 N–H and O–H groups in total. The third kappa shape index (κ3) is 6.09. The van der Waals surface area contributed by atoms with Crippen LogP contribution in [0, 0.1) is 6.92 Å². The Balaban J connectivity index is 1.11. The SMILES string of the molecule is COCc1cc(N2CCN(c3ccc(NC(=O)c4c(Nc5cnc6c(c5C)NCCO6)cc[nH]c4=O)cc3)CC2)ccn1. The van der Waals surface area contributed by atoms with Gasteiger partial charge in [-0.25, -0.2) is 4.98 Å². The molecule has 0 unspecified atom stereocenters. The predicted octanol–water partition coefficient (Wildman–Crippen LogP) is 3.75. The lowest BCUT2D eigenvalue weighted by Crippen LogP contribution is -2.46. The largest absolute Gasteiger partial charge is 0.474 e. The molecule has 1 amide bonds. The first-order valence-corrected chi connectivity index (χ1v) is 14.2. The summed E-state index contributed by atoms with van der Waals surface area (Å²) in [6.45, 7) is 7.12. The number of methoxy groups -OCH3 is 1. The molecule has 0 bridgehead atoms. The normalized spacial score (nSPS) is 14.4. The van der Waals surface area contributed by atoms with E-state index in [-0.39, 0.29) is 5.56 Å². The first kappa shape index (κ1) is 28.0. The minimum atomic E-state index is -0.513. The predicted molar refractivity (Wildman–Crippen MR) is 167 cm³/mol. The summed E-state index contributed by atoms with van der Waals surface area (Å²) in [7, 11) is 1.67. The number of pyridine rings is 3. The molecule has 0 aliphatic carbocycles. The van der Waals surface area contributed by atoms with Crippen LogP contribution in [0.15, 0.2) is 65.8 Å². The molecule has 12 nitrogen and oxygen atoms in total. The number of aromatic amines is 1. The van der Waals surface area contributed by atoms with E-state index in [1.54, 1.807) is 19.4 Å². The number of fused-ring (bicyclic) bond motifs is 1. The molecule has 4 aromatic rings. The summed E-state index contributed by atoms with van der Waals surface area (Å²) < 4.78 is 10.8. The molecule has 3 aromatic heterocycles. The van der Waals surface area contributed by atoms with Crippen molar-refractivity contribution in [3.63, 3.8) is 0 Å². The number of aromatic nitrogens is 3. The van der Waals surface area contributed by atoms with Gasteiger partial charge in [-0.3, -0.25) is 14.6 Å². The zero-order valence-corrected chi connectivity index (χ0v) is 24.1. The highest BCUT2D eigenvalue weighted by atomic mass is 16.5. The van der Waals surface area contributed by atoms with Crippen LogP contribution >= 0.6 is 0 Å². The number of nitrogens with one attached hydrogen (secondary N) is 4. The maximum absolute atomic E-state index is 13.3. The molecule has 0 spiro atoms. The van der Waals surface area contributed by atoms with Crippen molar-refractivity contribution in [2.45, 2.75) is 13.5 Å². The first-order valence-electron chi connectivity index (χ1n) is 14.2. The average molecular weight is 583 g/mol. The van der Waals surface area contributed by atoms with E-state index in [4.69, 9.17) is 9.47 Å². The second-order valence-corrected chi connectivity index (χ2v) is 10.4. The summed E-state index contributed by atoms with van der Waals surface area (Å²) in [6, 6.07) is 13.4. The van der Waals surface area contributed by atoms with Gasteiger partial charge in [0.1, 0.15) is 17.9 Å². The molecular weight excluding hydrogens is 548 g/mol. The molecule has 222 valence electrons. The second kappa shape index (κ2) is 12.4. The molecule has 6 rings (SSSR count).